The zero-order chi connectivity index (χ0) is 13.1. The summed E-state index contributed by atoms with van der Waals surface area (Å²) < 4.78 is 13.9. The minimum absolute atomic E-state index is 0.259. The van der Waals surface area contributed by atoms with Gasteiger partial charge in [-0.05, 0) is 18.6 Å². The molecule has 0 aromatic heterocycles. The summed E-state index contributed by atoms with van der Waals surface area (Å²) in [5, 5.41) is 1.21. The van der Waals surface area contributed by atoms with Crippen molar-refractivity contribution in [1.82, 2.24) is 0 Å². The van der Waals surface area contributed by atoms with Gasteiger partial charge in [-0.1, -0.05) is 24.6 Å². The highest BCUT2D eigenvalue weighted by atomic mass is 35.5. The summed E-state index contributed by atoms with van der Waals surface area (Å²) >= 11 is 9.59. The number of thioether (sulfide) groups is 2. The van der Waals surface area contributed by atoms with Crippen LogP contribution in [0, 0.1) is 5.82 Å². The summed E-state index contributed by atoms with van der Waals surface area (Å²) in [7, 11) is 0. The van der Waals surface area contributed by atoms with E-state index in [4.69, 9.17) is 17.3 Å². The zero-order valence-corrected chi connectivity index (χ0v) is 12.6. The van der Waals surface area contributed by atoms with Crippen LogP contribution in [0.15, 0.2) is 18.2 Å². The van der Waals surface area contributed by atoms with Crippen molar-refractivity contribution in [3.05, 3.63) is 34.6 Å². The molecule has 3 unspecified atom stereocenters. The molecule has 1 fully saturated rings. The Morgan fingerprint density at radius 1 is 1.44 bits per heavy atom. The molecule has 0 radical (unpaired) electrons. The first-order valence-corrected chi connectivity index (χ1v) is 8.54. The third kappa shape index (κ3) is 3.16. The molecule has 1 aromatic rings. The first kappa shape index (κ1) is 14.5. The van der Waals surface area contributed by atoms with Gasteiger partial charge in [0.25, 0.3) is 0 Å². The van der Waals surface area contributed by atoms with Gasteiger partial charge >= 0.3 is 0 Å². The maximum absolute atomic E-state index is 13.9. The van der Waals surface area contributed by atoms with Gasteiger partial charge in [0.2, 0.25) is 0 Å². The fraction of sp³-hybridized carbons (Fsp3) is 0.538. The van der Waals surface area contributed by atoms with E-state index < -0.39 is 0 Å². The Kier molecular flexibility index (Phi) is 5.24. The van der Waals surface area contributed by atoms with Gasteiger partial charge in [-0.15, -0.1) is 0 Å². The number of rotatable bonds is 3. The van der Waals surface area contributed by atoms with Crippen LogP contribution in [0.1, 0.15) is 24.9 Å². The fourth-order valence-electron chi connectivity index (χ4n) is 2.22. The highest BCUT2D eigenvalue weighted by Gasteiger charge is 2.32. The molecular weight excluding hydrogens is 289 g/mol. The lowest BCUT2D eigenvalue weighted by molar-refractivity contribution is 0.560. The van der Waals surface area contributed by atoms with Crippen molar-refractivity contribution in [2.24, 2.45) is 5.73 Å². The highest BCUT2D eigenvalue weighted by molar-refractivity contribution is 8.07. The summed E-state index contributed by atoms with van der Waals surface area (Å²) in [6, 6.07) is 4.51. The standard InChI is InChI=1S/C13H17ClFNS2/c1-2-11-13(18-6-5-17-11)12(16)9-4-3-8(14)7-10(9)15/h3-4,7,11-13H,2,5-6,16H2,1H3. The lowest BCUT2D eigenvalue weighted by atomic mass is 10.0. The number of benzene rings is 1. The van der Waals surface area contributed by atoms with E-state index in [9.17, 15) is 4.39 Å². The second-order valence-electron chi connectivity index (χ2n) is 4.34. The maximum Gasteiger partial charge on any atom is 0.129 e. The molecule has 0 aliphatic carbocycles. The molecule has 1 heterocycles. The Bertz CT molecular complexity index is 416. The first-order chi connectivity index (χ1) is 8.63. The van der Waals surface area contributed by atoms with Crippen LogP contribution in [0.5, 0.6) is 0 Å². The zero-order valence-electron chi connectivity index (χ0n) is 10.2. The predicted molar refractivity (Wildman–Crippen MR) is 81.1 cm³/mol. The van der Waals surface area contributed by atoms with E-state index >= 15 is 0 Å². The van der Waals surface area contributed by atoms with Crippen molar-refractivity contribution in [1.29, 1.82) is 0 Å². The van der Waals surface area contributed by atoms with Crippen molar-refractivity contribution in [2.45, 2.75) is 29.9 Å². The summed E-state index contributed by atoms with van der Waals surface area (Å²) in [5.74, 6) is 1.96. The molecular formula is C13H17ClFNS2. The van der Waals surface area contributed by atoms with E-state index in [1.807, 2.05) is 23.5 Å². The van der Waals surface area contributed by atoms with E-state index in [0.29, 0.717) is 15.8 Å². The number of nitrogens with two attached hydrogens (primary N) is 1. The Hall–Kier alpha value is 0.1000. The topological polar surface area (TPSA) is 26.0 Å². The van der Waals surface area contributed by atoms with Gasteiger partial charge in [0, 0.05) is 38.6 Å². The molecule has 18 heavy (non-hydrogen) atoms. The van der Waals surface area contributed by atoms with Crippen molar-refractivity contribution in [2.75, 3.05) is 11.5 Å². The van der Waals surface area contributed by atoms with E-state index in [1.165, 1.54) is 6.07 Å². The Labute approximate surface area is 121 Å². The van der Waals surface area contributed by atoms with Crippen LogP contribution in [0.2, 0.25) is 5.02 Å². The van der Waals surface area contributed by atoms with Gasteiger partial charge < -0.3 is 5.73 Å². The van der Waals surface area contributed by atoms with Gasteiger partial charge in [-0.2, -0.15) is 23.5 Å². The molecule has 1 aliphatic rings. The van der Waals surface area contributed by atoms with Crippen LogP contribution >= 0.6 is 35.1 Å². The number of halogens is 2. The van der Waals surface area contributed by atoms with Crippen molar-refractivity contribution in [3.8, 4) is 0 Å². The molecule has 1 saturated heterocycles. The molecule has 2 rings (SSSR count). The third-order valence-corrected chi connectivity index (χ3v) is 6.78. The molecule has 0 spiro atoms. The summed E-state index contributed by atoms with van der Waals surface area (Å²) in [6.45, 7) is 2.17. The summed E-state index contributed by atoms with van der Waals surface area (Å²) in [5.41, 5.74) is 6.85. The van der Waals surface area contributed by atoms with E-state index in [0.717, 1.165) is 17.9 Å². The Morgan fingerprint density at radius 3 is 2.83 bits per heavy atom. The maximum atomic E-state index is 13.9. The second kappa shape index (κ2) is 6.51. The minimum atomic E-state index is -0.291. The fourth-order valence-corrected chi connectivity index (χ4v) is 5.55. The van der Waals surface area contributed by atoms with Gasteiger partial charge in [0.05, 0.1) is 0 Å². The molecule has 3 atom stereocenters. The van der Waals surface area contributed by atoms with E-state index in [1.54, 1.807) is 12.1 Å². The molecule has 100 valence electrons. The minimum Gasteiger partial charge on any atom is -0.323 e. The second-order valence-corrected chi connectivity index (χ2v) is 7.41. The first-order valence-electron chi connectivity index (χ1n) is 6.07. The smallest absolute Gasteiger partial charge is 0.129 e. The van der Waals surface area contributed by atoms with Crippen LogP contribution in [0.25, 0.3) is 0 Å². The molecule has 2 N–H and O–H groups in total. The molecule has 1 aliphatic heterocycles. The molecule has 0 amide bonds. The molecule has 1 aromatic carbocycles. The quantitative estimate of drug-likeness (QED) is 0.910. The van der Waals surface area contributed by atoms with Gasteiger partial charge in [0.1, 0.15) is 5.82 Å². The Morgan fingerprint density at radius 2 is 2.17 bits per heavy atom. The van der Waals surface area contributed by atoms with Crippen LogP contribution < -0.4 is 5.73 Å². The van der Waals surface area contributed by atoms with Crippen LogP contribution in [-0.4, -0.2) is 22.0 Å². The van der Waals surface area contributed by atoms with Crippen LogP contribution in [-0.2, 0) is 0 Å². The molecule has 5 heteroatoms. The van der Waals surface area contributed by atoms with Gasteiger partial charge in [0.15, 0.2) is 0 Å². The number of hydrogen-bond donors (Lipinski definition) is 1. The van der Waals surface area contributed by atoms with Crippen molar-refractivity contribution < 1.29 is 4.39 Å². The SMILES string of the molecule is CCC1SCCSC1C(N)c1ccc(Cl)cc1F. The monoisotopic (exact) mass is 305 g/mol. The largest absolute Gasteiger partial charge is 0.323 e. The van der Waals surface area contributed by atoms with E-state index in [2.05, 4.69) is 6.92 Å². The van der Waals surface area contributed by atoms with Crippen LogP contribution in [0.4, 0.5) is 4.39 Å². The molecule has 0 bridgehead atoms. The molecule has 0 saturated carbocycles. The summed E-state index contributed by atoms with van der Waals surface area (Å²) in [6.07, 6.45) is 1.07. The normalized spacial score (nSPS) is 26.0. The summed E-state index contributed by atoms with van der Waals surface area (Å²) in [4.78, 5) is 0. The third-order valence-electron chi connectivity index (χ3n) is 3.17. The Balaban J connectivity index is 2.20. The molecule has 1 nitrogen and oxygen atoms in total. The van der Waals surface area contributed by atoms with Crippen molar-refractivity contribution in [3.63, 3.8) is 0 Å². The lowest BCUT2D eigenvalue weighted by Gasteiger charge is -2.34. The van der Waals surface area contributed by atoms with E-state index in [-0.39, 0.29) is 17.1 Å². The average molecular weight is 306 g/mol. The predicted octanol–water partition coefficient (Wildman–Crippen LogP) is 4.11. The van der Waals surface area contributed by atoms with Crippen molar-refractivity contribution >= 4 is 35.1 Å². The highest BCUT2D eigenvalue weighted by Crippen LogP contribution is 2.39. The average Bonchev–Trinajstić information content (AvgIpc) is 2.38. The number of hydrogen-bond acceptors (Lipinski definition) is 3. The van der Waals surface area contributed by atoms with Gasteiger partial charge in [-0.25, -0.2) is 4.39 Å². The van der Waals surface area contributed by atoms with Crippen LogP contribution in [0.3, 0.4) is 0 Å². The van der Waals surface area contributed by atoms with Gasteiger partial charge in [-0.3, -0.25) is 0 Å². The lowest BCUT2D eigenvalue weighted by Crippen LogP contribution is -2.36.